The van der Waals surface area contributed by atoms with Crippen LogP contribution in [0.1, 0.15) is 48.0 Å². The van der Waals surface area contributed by atoms with E-state index in [0.717, 1.165) is 6.42 Å². The van der Waals surface area contributed by atoms with Crippen molar-refractivity contribution < 1.29 is 0 Å². The van der Waals surface area contributed by atoms with Crippen molar-refractivity contribution in [1.29, 1.82) is 0 Å². The highest BCUT2D eigenvalue weighted by molar-refractivity contribution is 5.13. The van der Waals surface area contributed by atoms with Crippen molar-refractivity contribution in [1.82, 2.24) is 0 Å². The number of hydrogen-bond acceptors (Lipinski definition) is 0. The van der Waals surface area contributed by atoms with E-state index in [0.29, 0.717) is 0 Å². The second-order valence-corrected chi connectivity index (χ2v) is 1.42. The van der Waals surface area contributed by atoms with Gasteiger partial charge in [-0.25, -0.2) is 0 Å². The third-order valence-corrected chi connectivity index (χ3v) is 1.04. The van der Waals surface area contributed by atoms with Gasteiger partial charge in [0, 0.05) is 0 Å². The van der Waals surface area contributed by atoms with E-state index in [4.69, 9.17) is 0 Å². The summed E-state index contributed by atoms with van der Waals surface area (Å²) in [6.45, 7) is 15.8. The molecule has 0 aliphatic carbocycles. The molecule has 0 heteroatoms. The molecule has 0 bridgehead atoms. The Hall–Kier alpha value is -0.520. The first kappa shape index (κ1) is 16.8. The lowest BCUT2D eigenvalue weighted by Crippen LogP contribution is -1.67. The van der Waals surface area contributed by atoms with Gasteiger partial charge in [-0.1, -0.05) is 58.9 Å². The first-order chi connectivity index (χ1) is 5.35. The van der Waals surface area contributed by atoms with E-state index in [1.54, 1.807) is 0 Å². The molecule has 11 heavy (non-hydrogen) atoms. The summed E-state index contributed by atoms with van der Waals surface area (Å²) in [6.07, 6.45) is 5.06. The zero-order valence-corrected chi connectivity index (χ0v) is 9.07. The van der Waals surface area contributed by atoms with Gasteiger partial charge >= 0.3 is 0 Å². The van der Waals surface area contributed by atoms with E-state index in [1.165, 1.54) is 5.57 Å². The normalized spacial score (nSPS) is 8.36. The summed E-state index contributed by atoms with van der Waals surface area (Å²) in [7, 11) is 0. The van der Waals surface area contributed by atoms with E-state index < -0.39 is 0 Å². The summed E-state index contributed by atoms with van der Waals surface area (Å²) in [5.41, 5.74) is 1.32. The van der Waals surface area contributed by atoms with Crippen molar-refractivity contribution in [3.63, 3.8) is 0 Å². The second-order valence-electron chi connectivity index (χ2n) is 1.42. The Balaban J connectivity index is -0.000000138. The van der Waals surface area contributed by atoms with E-state index in [2.05, 4.69) is 19.6 Å². The van der Waals surface area contributed by atoms with Crippen LogP contribution in [-0.2, 0) is 0 Å². The first-order valence-electron chi connectivity index (χ1n) is 4.62. The third kappa shape index (κ3) is 17.7. The zero-order chi connectivity index (χ0) is 9.70. The minimum absolute atomic E-state index is 1.10. The van der Waals surface area contributed by atoms with Crippen molar-refractivity contribution in [2.24, 2.45) is 0 Å². The molecule has 0 aliphatic rings. The van der Waals surface area contributed by atoms with Gasteiger partial charge in [0.2, 0.25) is 0 Å². The Morgan fingerprint density at radius 2 is 1.55 bits per heavy atom. The van der Waals surface area contributed by atoms with Gasteiger partial charge < -0.3 is 0 Å². The summed E-state index contributed by atoms with van der Waals surface area (Å²) < 4.78 is 0. The second kappa shape index (κ2) is 22.7. The lowest BCUT2D eigenvalue weighted by atomic mass is 10.2. The van der Waals surface area contributed by atoms with E-state index >= 15 is 0 Å². The Morgan fingerprint density at radius 1 is 1.18 bits per heavy atom. The molecule has 0 spiro atoms. The van der Waals surface area contributed by atoms with Gasteiger partial charge in [0.1, 0.15) is 0 Å². The Bertz CT molecular complexity index is 78.0. The van der Waals surface area contributed by atoms with Crippen LogP contribution in [0.4, 0.5) is 0 Å². The van der Waals surface area contributed by atoms with E-state index in [1.807, 2.05) is 40.7 Å². The molecule has 0 aliphatic heterocycles. The summed E-state index contributed by atoms with van der Waals surface area (Å²) in [5.74, 6) is 0. The summed E-state index contributed by atoms with van der Waals surface area (Å²) in [4.78, 5) is 0. The zero-order valence-electron chi connectivity index (χ0n) is 9.07. The molecule has 0 nitrogen and oxygen atoms in total. The number of hydrogen-bond donors (Lipinski definition) is 0. The molecular formula is C11H24. The van der Waals surface area contributed by atoms with Gasteiger partial charge in [0.15, 0.2) is 0 Å². The standard InChI is InChI=1S/C7H12.2C2H6/c1-4-7(5-2)6-3;2*1-2/h4-5H,1,6H2,2-3H3;2*1-2H3/b7-5+;;. The minimum atomic E-state index is 1.10. The van der Waals surface area contributed by atoms with Gasteiger partial charge in [0.25, 0.3) is 0 Å². The minimum Gasteiger partial charge on any atom is -0.0988 e. The lowest BCUT2D eigenvalue weighted by molar-refractivity contribution is 1.14. The third-order valence-electron chi connectivity index (χ3n) is 1.04. The van der Waals surface area contributed by atoms with Crippen LogP contribution in [-0.4, -0.2) is 0 Å². The van der Waals surface area contributed by atoms with Gasteiger partial charge in [-0.05, 0) is 13.3 Å². The maximum Gasteiger partial charge on any atom is -0.0311 e. The molecule has 68 valence electrons. The molecule has 0 N–H and O–H groups in total. The fraction of sp³-hybridized carbons (Fsp3) is 0.636. The molecule has 0 unspecified atom stereocenters. The van der Waals surface area contributed by atoms with Crippen molar-refractivity contribution >= 4 is 0 Å². The van der Waals surface area contributed by atoms with Crippen LogP contribution in [0.3, 0.4) is 0 Å². The maximum atomic E-state index is 3.63. The average molecular weight is 156 g/mol. The highest BCUT2D eigenvalue weighted by atomic mass is 13.8. The number of allylic oxidation sites excluding steroid dienone is 3. The van der Waals surface area contributed by atoms with Crippen LogP contribution >= 0.6 is 0 Å². The fourth-order valence-electron chi connectivity index (χ4n) is 0.466. The smallest absolute Gasteiger partial charge is 0.0311 e. The summed E-state index contributed by atoms with van der Waals surface area (Å²) in [5, 5.41) is 0. The Kier molecular flexibility index (Phi) is 34.7. The average Bonchev–Trinajstić information content (AvgIpc) is 2.14. The fourth-order valence-corrected chi connectivity index (χ4v) is 0.466. The first-order valence-corrected chi connectivity index (χ1v) is 4.62. The Morgan fingerprint density at radius 3 is 1.55 bits per heavy atom. The molecule has 0 rings (SSSR count). The van der Waals surface area contributed by atoms with E-state index in [9.17, 15) is 0 Å². The van der Waals surface area contributed by atoms with Crippen molar-refractivity contribution in [3.05, 3.63) is 24.3 Å². The largest absolute Gasteiger partial charge is 0.0988 e. The van der Waals surface area contributed by atoms with Gasteiger partial charge in [-0.15, -0.1) is 0 Å². The summed E-state index contributed by atoms with van der Waals surface area (Å²) in [6, 6.07) is 0. The van der Waals surface area contributed by atoms with Crippen LogP contribution < -0.4 is 0 Å². The van der Waals surface area contributed by atoms with Crippen LogP contribution in [0.5, 0.6) is 0 Å². The molecule has 0 saturated heterocycles. The highest BCUT2D eigenvalue weighted by Gasteiger charge is 1.77. The topological polar surface area (TPSA) is 0 Å². The van der Waals surface area contributed by atoms with E-state index in [-0.39, 0.29) is 0 Å². The molecule has 0 fully saturated rings. The molecule has 0 aromatic carbocycles. The molecule has 0 saturated carbocycles. The molecule has 0 amide bonds. The van der Waals surface area contributed by atoms with Crippen molar-refractivity contribution in [2.75, 3.05) is 0 Å². The SMILES string of the molecule is C=C/C(=C\C)CC.CC.CC. The van der Waals surface area contributed by atoms with Crippen molar-refractivity contribution in [2.45, 2.75) is 48.0 Å². The van der Waals surface area contributed by atoms with Gasteiger partial charge in [-0.2, -0.15) is 0 Å². The van der Waals surface area contributed by atoms with Gasteiger partial charge in [-0.3, -0.25) is 0 Å². The molecule has 0 aromatic heterocycles. The van der Waals surface area contributed by atoms with Crippen LogP contribution in [0.2, 0.25) is 0 Å². The highest BCUT2D eigenvalue weighted by Crippen LogP contribution is 1.98. The predicted molar refractivity (Wildman–Crippen MR) is 56.9 cm³/mol. The maximum absolute atomic E-state index is 3.63. The molecule has 0 radical (unpaired) electrons. The quantitative estimate of drug-likeness (QED) is 0.513. The Labute approximate surface area is 73.0 Å². The monoisotopic (exact) mass is 156 g/mol. The van der Waals surface area contributed by atoms with Crippen LogP contribution in [0, 0.1) is 0 Å². The van der Waals surface area contributed by atoms with Crippen LogP contribution in [0.15, 0.2) is 24.3 Å². The number of rotatable bonds is 2. The van der Waals surface area contributed by atoms with Crippen LogP contribution in [0.25, 0.3) is 0 Å². The molecular weight excluding hydrogens is 132 g/mol. The van der Waals surface area contributed by atoms with Crippen molar-refractivity contribution in [3.8, 4) is 0 Å². The molecule has 0 heterocycles. The summed E-state index contributed by atoms with van der Waals surface area (Å²) >= 11 is 0. The molecule has 0 atom stereocenters. The lowest BCUT2D eigenvalue weighted by Gasteiger charge is -1.88. The van der Waals surface area contributed by atoms with Gasteiger partial charge in [0.05, 0.1) is 0 Å². The predicted octanol–water partition coefficient (Wildman–Crippen LogP) is 4.58. The molecule has 0 aromatic rings.